The summed E-state index contributed by atoms with van der Waals surface area (Å²) in [6.45, 7) is 2.13. The second-order valence-electron chi connectivity index (χ2n) is 5.44. The van der Waals surface area contributed by atoms with E-state index in [1.54, 1.807) is 0 Å². The van der Waals surface area contributed by atoms with Crippen molar-refractivity contribution < 1.29 is 0 Å². The molecule has 2 heterocycles. The molecular formula is C20H14N2. The van der Waals surface area contributed by atoms with Crippen LogP contribution in [0.1, 0.15) is 11.1 Å². The van der Waals surface area contributed by atoms with Crippen LogP contribution in [0.2, 0.25) is 0 Å². The molecule has 0 fully saturated rings. The highest BCUT2D eigenvalue weighted by molar-refractivity contribution is 5.99. The number of fused-ring (bicyclic) bond motifs is 3. The number of para-hydroxylation sites is 1. The third-order valence-electron chi connectivity index (χ3n) is 4.24. The van der Waals surface area contributed by atoms with E-state index in [0.29, 0.717) is 5.56 Å². The maximum absolute atomic E-state index is 9.55. The van der Waals surface area contributed by atoms with E-state index in [4.69, 9.17) is 0 Å². The van der Waals surface area contributed by atoms with Crippen LogP contribution in [0.15, 0.2) is 66.9 Å². The summed E-state index contributed by atoms with van der Waals surface area (Å²) in [5.41, 5.74) is 6.31. The summed E-state index contributed by atoms with van der Waals surface area (Å²) in [4.78, 5) is 0. The van der Waals surface area contributed by atoms with Gasteiger partial charge in [-0.25, -0.2) is 0 Å². The number of aryl methyl sites for hydroxylation is 1. The van der Waals surface area contributed by atoms with Crippen LogP contribution in [0, 0.1) is 18.3 Å². The van der Waals surface area contributed by atoms with Crippen LogP contribution in [0.4, 0.5) is 0 Å². The fourth-order valence-electron chi connectivity index (χ4n) is 3.24. The maximum Gasteiger partial charge on any atom is 0.0999 e. The lowest BCUT2D eigenvalue weighted by Crippen LogP contribution is -1.92. The summed E-state index contributed by atoms with van der Waals surface area (Å²) in [5, 5.41) is 10.8. The van der Waals surface area contributed by atoms with Gasteiger partial charge in [0.2, 0.25) is 0 Å². The zero-order valence-electron chi connectivity index (χ0n) is 12.2. The van der Waals surface area contributed by atoms with Gasteiger partial charge in [-0.3, -0.25) is 0 Å². The van der Waals surface area contributed by atoms with Gasteiger partial charge >= 0.3 is 0 Å². The average Bonchev–Trinajstić information content (AvgIpc) is 2.88. The molecule has 2 aromatic carbocycles. The normalized spacial score (nSPS) is 10.9. The lowest BCUT2D eigenvalue weighted by atomic mass is 9.98. The lowest BCUT2D eigenvalue weighted by molar-refractivity contribution is 1.24. The highest BCUT2D eigenvalue weighted by Gasteiger charge is 2.16. The summed E-state index contributed by atoms with van der Waals surface area (Å²) in [6.07, 6.45) is 2.00. The molecule has 2 nitrogen and oxygen atoms in total. The van der Waals surface area contributed by atoms with Gasteiger partial charge in [0, 0.05) is 17.1 Å². The summed E-state index contributed by atoms with van der Waals surface area (Å²) in [6, 6.07) is 22.8. The topological polar surface area (TPSA) is 28.2 Å². The molecule has 0 saturated carbocycles. The number of pyridine rings is 1. The fraction of sp³-hybridized carbons (Fsp3) is 0.0500. The first kappa shape index (κ1) is 12.7. The van der Waals surface area contributed by atoms with Crippen molar-refractivity contribution in [2.24, 2.45) is 0 Å². The molecule has 0 atom stereocenters. The molecule has 0 saturated heterocycles. The Morgan fingerprint density at radius 2 is 1.64 bits per heavy atom. The lowest BCUT2D eigenvalue weighted by Gasteiger charge is -2.09. The maximum atomic E-state index is 9.55. The van der Waals surface area contributed by atoms with Crippen molar-refractivity contribution in [3.63, 3.8) is 0 Å². The Labute approximate surface area is 128 Å². The van der Waals surface area contributed by atoms with Crippen molar-refractivity contribution in [1.29, 1.82) is 5.26 Å². The third kappa shape index (κ3) is 1.66. The molecule has 0 unspecified atom stereocenters. The minimum absolute atomic E-state index is 0.713. The molecule has 0 bridgehead atoms. The summed E-state index contributed by atoms with van der Waals surface area (Å²) < 4.78 is 2.19. The van der Waals surface area contributed by atoms with Gasteiger partial charge in [0.25, 0.3) is 0 Å². The molecule has 0 N–H and O–H groups in total. The van der Waals surface area contributed by atoms with Gasteiger partial charge in [-0.15, -0.1) is 0 Å². The molecule has 4 rings (SSSR count). The third-order valence-corrected chi connectivity index (χ3v) is 4.24. The van der Waals surface area contributed by atoms with Gasteiger partial charge in [0.15, 0.2) is 0 Å². The monoisotopic (exact) mass is 282 g/mol. The Morgan fingerprint density at radius 3 is 2.41 bits per heavy atom. The fourth-order valence-corrected chi connectivity index (χ4v) is 3.24. The number of hydrogen-bond acceptors (Lipinski definition) is 1. The summed E-state index contributed by atoms with van der Waals surface area (Å²) in [5.74, 6) is 0. The zero-order chi connectivity index (χ0) is 15.1. The van der Waals surface area contributed by atoms with E-state index < -0.39 is 0 Å². The second kappa shape index (κ2) is 4.75. The van der Waals surface area contributed by atoms with Gasteiger partial charge in [-0.2, -0.15) is 5.26 Å². The first-order chi connectivity index (χ1) is 10.8. The number of nitrogens with zero attached hydrogens (tertiary/aromatic N) is 2. The van der Waals surface area contributed by atoms with E-state index in [2.05, 4.69) is 53.8 Å². The van der Waals surface area contributed by atoms with Crippen molar-refractivity contribution in [2.75, 3.05) is 0 Å². The molecule has 0 aliphatic carbocycles. The number of nitriles is 1. The standard InChI is InChI=1S/C20H14N2/c1-14-17-9-5-6-10-18(17)22-12-11-16(13-21)19(20(14)22)15-7-3-2-4-8-15/h2-12H,1H3. The number of aromatic nitrogens is 1. The largest absolute Gasteiger partial charge is 0.316 e. The molecule has 0 radical (unpaired) electrons. The van der Waals surface area contributed by atoms with Crippen molar-refractivity contribution >= 4 is 16.4 Å². The SMILES string of the molecule is Cc1c2ccccc2n2ccc(C#N)c(-c3ccccc3)c12. The van der Waals surface area contributed by atoms with Crippen LogP contribution < -0.4 is 0 Å². The smallest absolute Gasteiger partial charge is 0.0999 e. The van der Waals surface area contributed by atoms with E-state index in [-0.39, 0.29) is 0 Å². The number of rotatable bonds is 1. The highest BCUT2D eigenvalue weighted by Crippen LogP contribution is 2.35. The second-order valence-corrected chi connectivity index (χ2v) is 5.44. The molecular weight excluding hydrogens is 268 g/mol. The minimum Gasteiger partial charge on any atom is -0.316 e. The number of benzene rings is 2. The van der Waals surface area contributed by atoms with Crippen LogP contribution in [0.3, 0.4) is 0 Å². The Morgan fingerprint density at radius 1 is 0.909 bits per heavy atom. The van der Waals surface area contributed by atoms with Gasteiger partial charge in [-0.1, -0.05) is 48.5 Å². The van der Waals surface area contributed by atoms with Crippen molar-refractivity contribution in [1.82, 2.24) is 4.40 Å². The molecule has 0 amide bonds. The Kier molecular flexibility index (Phi) is 2.74. The van der Waals surface area contributed by atoms with Crippen molar-refractivity contribution in [3.8, 4) is 17.2 Å². The first-order valence-corrected chi connectivity index (χ1v) is 7.29. The van der Waals surface area contributed by atoms with Gasteiger partial charge in [0.05, 0.1) is 22.7 Å². The summed E-state index contributed by atoms with van der Waals surface area (Å²) >= 11 is 0. The van der Waals surface area contributed by atoms with E-state index >= 15 is 0 Å². The number of hydrogen-bond donors (Lipinski definition) is 0. The van der Waals surface area contributed by atoms with E-state index in [9.17, 15) is 5.26 Å². The van der Waals surface area contributed by atoms with E-state index in [0.717, 1.165) is 16.6 Å². The van der Waals surface area contributed by atoms with Crippen LogP contribution >= 0.6 is 0 Å². The van der Waals surface area contributed by atoms with Crippen molar-refractivity contribution in [3.05, 3.63) is 78.0 Å². The Balaban J connectivity index is 2.25. The first-order valence-electron chi connectivity index (χ1n) is 7.29. The zero-order valence-corrected chi connectivity index (χ0v) is 12.2. The molecule has 22 heavy (non-hydrogen) atoms. The van der Waals surface area contributed by atoms with Crippen LogP contribution in [-0.2, 0) is 0 Å². The average molecular weight is 282 g/mol. The Hall–Kier alpha value is -3.05. The molecule has 0 aliphatic heterocycles. The molecule has 4 aromatic rings. The van der Waals surface area contributed by atoms with Gasteiger partial charge in [0.1, 0.15) is 0 Å². The summed E-state index contributed by atoms with van der Waals surface area (Å²) in [7, 11) is 0. The predicted octanol–water partition coefficient (Wildman–Crippen LogP) is 4.94. The molecule has 2 aromatic heterocycles. The molecule has 2 heteroatoms. The van der Waals surface area contributed by atoms with Gasteiger partial charge in [-0.05, 0) is 30.2 Å². The van der Waals surface area contributed by atoms with Crippen LogP contribution in [-0.4, -0.2) is 4.40 Å². The van der Waals surface area contributed by atoms with E-state index in [1.165, 1.54) is 16.5 Å². The van der Waals surface area contributed by atoms with Crippen LogP contribution in [0.5, 0.6) is 0 Å². The highest BCUT2D eigenvalue weighted by atomic mass is 14.9. The molecule has 0 spiro atoms. The quantitative estimate of drug-likeness (QED) is 0.486. The van der Waals surface area contributed by atoms with Gasteiger partial charge < -0.3 is 4.40 Å². The van der Waals surface area contributed by atoms with Crippen molar-refractivity contribution in [2.45, 2.75) is 6.92 Å². The molecule has 0 aliphatic rings. The van der Waals surface area contributed by atoms with E-state index in [1.807, 2.05) is 30.5 Å². The molecule has 104 valence electrons. The Bertz CT molecular complexity index is 1030. The minimum atomic E-state index is 0.713. The van der Waals surface area contributed by atoms with Crippen LogP contribution in [0.25, 0.3) is 27.5 Å². The predicted molar refractivity (Wildman–Crippen MR) is 89.8 cm³/mol.